The van der Waals surface area contributed by atoms with Crippen LogP contribution in [-0.4, -0.2) is 62.8 Å². The van der Waals surface area contributed by atoms with Gasteiger partial charge in [0.2, 0.25) is 5.91 Å². The number of ketones is 1. The zero-order chi connectivity index (χ0) is 42.6. The number of ether oxygens (including phenoxy) is 1. The van der Waals surface area contributed by atoms with E-state index >= 15 is 0 Å². The van der Waals surface area contributed by atoms with Gasteiger partial charge in [0.1, 0.15) is 6.10 Å². The summed E-state index contributed by atoms with van der Waals surface area (Å²) in [5.74, 6) is -0.877. The summed E-state index contributed by atoms with van der Waals surface area (Å²) in [6, 6.07) is 0. The average Bonchev–Trinajstić information content (AvgIpc) is 3.75. The highest BCUT2D eigenvalue weighted by Crippen LogP contribution is 2.77. The fourth-order valence-corrected chi connectivity index (χ4v) is 14.6. The third-order valence-corrected chi connectivity index (χ3v) is 18.0. The number of fused-ring (bicyclic) bond motifs is 7. The highest BCUT2D eigenvalue weighted by Gasteiger charge is 2.70. The Morgan fingerprint density at radius 3 is 2.24 bits per heavy atom. The predicted octanol–water partition coefficient (Wildman–Crippen LogP) is 8.06. The number of carbonyl (C=O) groups excluding carboxylic acids is 4. The molecule has 5 saturated carbocycles. The van der Waals surface area contributed by atoms with Crippen LogP contribution in [0, 0.1) is 68.0 Å². The quantitative estimate of drug-likeness (QED) is 0.172. The van der Waals surface area contributed by atoms with Crippen LogP contribution in [0.4, 0.5) is 0 Å². The molecule has 7 rings (SSSR count). The van der Waals surface area contributed by atoms with Crippen molar-refractivity contribution in [3.8, 4) is 0 Å². The van der Waals surface area contributed by atoms with Crippen molar-refractivity contribution in [3.63, 3.8) is 0 Å². The number of esters is 1. The van der Waals surface area contributed by atoms with E-state index in [1.807, 2.05) is 27.7 Å². The van der Waals surface area contributed by atoms with E-state index in [0.29, 0.717) is 24.7 Å². The van der Waals surface area contributed by atoms with Gasteiger partial charge in [-0.2, -0.15) is 0 Å². The van der Waals surface area contributed by atoms with Crippen molar-refractivity contribution in [1.82, 2.24) is 20.6 Å². The average molecular weight is 803 g/mol. The monoisotopic (exact) mass is 803 g/mol. The number of H-pyrrole nitrogens is 1. The number of amides is 2. The molecular weight excluding hydrogens is 733 g/mol. The van der Waals surface area contributed by atoms with E-state index in [-0.39, 0.29) is 82.0 Å². The smallest absolute Gasteiger partial charge is 0.309 e. The van der Waals surface area contributed by atoms with Crippen LogP contribution in [0.25, 0.3) is 0 Å². The molecule has 0 spiro atoms. The number of aromatic amines is 1. The fraction of sp³-hybridized carbons (Fsp3) is 0.787. The molecule has 1 aromatic rings. The van der Waals surface area contributed by atoms with Crippen LogP contribution in [0.15, 0.2) is 23.5 Å². The van der Waals surface area contributed by atoms with Gasteiger partial charge < -0.3 is 25.5 Å². The van der Waals surface area contributed by atoms with Gasteiger partial charge in [-0.25, -0.2) is 4.98 Å². The van der Waals surface area contributed by atoms with Crippen LogP contribution < -0.4 is 10.6 Å². The SMILES string of the molecule is CC(C)C1=C2[C@H]3CC[C@@H]4[C@@]5(C)CC[C@H](OC(=O)[C@H]6C[C@@H](C(=O)O)C6(C)C)C(C)(C)[C@@H]5CC[C@@]4(C)[C@]3(C)CC[C@@]2(CC(=O)NCC(C)(C)NC(=O)c2ncc[nH]2)CC1=O. The Bertz CT molecular complexity index is 1900. The number of hydrogen-bond acceptors (Lipinski definition) is 7. The number of nitrogens with one attached hydrogen (secondary N) is 3. The van der Waals surface area contributed by atoms with Crippen LogP contribution in [0.3, 0.4) is 0 Å². The number of carbonyl (C=O) groups is 5. The molecule has 0 unspecified atom stereocenters. The van der Waals surface area contributed by atoms with Crippen LogP contribution in [-0.2, 0) is 23.9 Å². The molecule has 6 aliphatic carbocycles. The van der Waals surface area contributed by atoms with Crippen LogP contribution >= 0.6 is 0 Å². The third kappa shape index (κ3) is 6.40. The molecule has 5 fully saturated rings. The Kier molecular flexibility index (Phi) is 10.3. The summed E-state index contributed by atoms with van der Waals surface area (Å²) in [5, 5.41) is 15.8. The van der Waals surface area contributed by atoms with Crippen molar-refractivity contribution in [2.24, 2.45) is 68.0 Å². The van der Waals surface area contributed by atoms with Crippen LogP contribution in [0.1, 0.15) is 157 Å². The minimum atomic E-state index is -0.841. The summed E-state index contributed by atoms with van der Waals surface area (Å²) < 4.78 is 6.41. The molecule has 4 N–H and O–H groups in total. The van der Waals surface area contributed by atoms with Gasteiger partial charge in [0.05, 0.1) is 17.4 Å². The predicted molar refractivity (Wildman–Crippen MR) is 220 cm³/mol. The molecule has 0 aromatic carbocycles. The molecular formula is C47H70N4O7. The number of carboxylic acid groups (broad SMARTS) is 1. The first-order valence-electron chi connectivity index (χ1n) is 22.1. The lowest BCUT2D eigenvalue weighted by molar-refractivity contribution is -0.236. The lowest BCUT2D eigenvalue weighted by Gasteiger charge is -2.72. The summed E-state index contributed by atoms with van der Waals surface area (Å²) in [7, 11) is 0. The number of aromatic nitrogens is 2. The summed E-state index contributed by atoms with van der Waals surface area (Å²) in [4.78, 5) is 73.1. The molecule has 0 saturated heterocycles. The highest BCUT2D eigenvalue weighted by atomic mass is 16.5. The first-order chi connectivity index (χ1) is 26.8. The van der Waals surface area contributed by atoms with E-state index < -0.39 is 34.2 Å². The molecule has 11 heteroatoms. The Balaban J connectivity index is 1.09. The maximum atomic E-state index is 14.1. The maximum Gasteiger partial charge on any atom is 0.309 e. The van der Waals surface area contributed by atoms with E-state index in [9.17, 15) is 29.1 Å². The fourth-order valence-electron chi connectivity index (χ4n) is 14.6. The minimum Gasteiger partial charge on any atom is -0.481 e. The number of nitrogens with zero attached hydrogens (tertiary/aromatic N) is 1. The maximum absolute atomic E-state index is 14.1. The Morgan fingerprint density at radius 1 is 0.914 bits per heavy atom. The van der Waals surface area contributed by atoms with Crippen molar-refractivity contribution in [2.75, 3.05) is 6.54 Å². The minimum absolute atomic E-state index is 0.0218. The van der Waals surface area contributed by atoms with Gasteiger partial charge in [0.25, 0.3) is 5.91 Å². The van der Waals surface area contributed by atoms with Gasteiger partial charge in [0.15, 0.2) is 11.6 Å². The first-order valence-corrected chi connectivity index (χ1v) is 22.1. The number of rotatable bonds is 10. The van der Waals surface area contributed by atoms with E-state index in [2.05, 4.69) is 69.1 Å². The van der Waals surface area contributed by atoms with Crippen molar-refractivity contribution in [3.05, 3.63) is 29.4 Å². The van der Waals surface area contributed by atoms with Crippen molar-refractivity contribution in [2.45, 2.75) is 158 Å². The van der Waals surface area contributed by atoms with Crippen LogP contribution in [0.5, 0.6) is 0 Å². The van der Waals surface area contributed by atoms with Gasteiger partial charge in [0, 0.05) is 42.6 Å². The molecule has 1 aromatic heterocycles. The molecule has 1 heterocycles. The van der Waals surface area contributed by atoms with Gasteiger partial charge in [-0.1, -0.05) is 67.9 Å². The number of aliphatic carboxylic acids is 1. The molecule has 11 nitrogen and oxygen atoms in total. The second kappa shape index (κ2) is 14.0. The standard InChI is InChI=1S/C47H70N4O7/c1-26(2)35-30(52)23-47(24-34(53)50-25-41(3,4)51-38(54)37-48-20-21-49-37)19-18-45(10)27(36(35)47)12-13-32-44(9)16-15-33(43(7,8)31(44)14-17-46(32,45)11)58-40(57)29-22-28(39(55)56)42(29,5)6/h20-21,26-29,31-33H,12-19,22-25H2,1-11H3,(H,48,49)(H,50,53)(H,51,54)(H,55,56)/t27-,28+,29-,31+,32-,33+,44+,45-,46-,47+/m1/s1. The number of hydrogen-bond donors (Lipinski definition) is 4. The molecule has 2 amide bonds. The topological polar surface area (TPSA) is 168 Å². The number of imidazole rings is 1. The van der Waals surface area contributed by atoms with E-state index in [1.54, 1.807) is 6.20 Å². The lowest BCUT2D eigenvalue weighted by atomic mass is 9.33. The Hall–Kier alpha value is -3.50. The summed E-state index contributed by atoms with van der Waals surface area (Å²) in [6.07, 6.45) is 11.6. The molecule has 320 valence electrons. The summed E-state index contributed by atoms with van der Waals surface area (Å²) in [5.41, 5.74) is 0.179. The normalized spacial score (nSPS) is 38.7. The molecule has 0 radical (unpaired) electrons. The molecule has 0 bridgehead atoms. The Morgan fingerprint density at radius 2 is 1.62 bits per heavy atom. The molecule has 58 heavy (non-hydrogen) atoms. The third-order valence-electron chi connectivity index (χ3n) is 18.0. The van der Waals surface area contributed by atoms with Crippen molar-refractivity contribution < 1.29 is 33.8 Å². The number of Topliss-reactive ketones (excluding diaryl/α,β-unsaturated/α-hetero) is 1. The number of allylic oxidation sites excluding steroid dienone is 2. The van der Waals surface area contributed by atoms with Crippen molar-refractivity contribution >= 4 is 29.5 Å². The van der Waals surface area contributed by atoms with E-state index in [0.717, 1.165) is 56.9 Å². The highest BCUT2D eigenvalue weighted by molar-refractivity contribution is 6.01. The van der Waals surface area contributed by atoms with Gasteiger partial charge in [-0.3, -0.25) is 24.0 Å². The summed E-state index contributed by atoms with van der Waals surface area (Å²) >= 11 is 0. The van der Waals surface area contributed by atoms with Gasteiger partial charge in [-0.15, -0.1) is 0 Å². The largest absolute Gasteiger partial charge is 0.481 e. The second-order valence-electron chi connectivity index (χ2n) is 22.5. The molecule has 10 atom stereocenters. The second-order valence-corrected chi connectivity index (χ2v) is 22.5. The van der Waals surface area contributed by atoms with E-state index in [1.165, 1.54) is 11.8 Å². The van der Waals surface area contributed by atoms with Gasteiger partial charge in [-0.05, 0) is 123 Å². The molecule has 6 aliphatic rings. The van der Waals surface area contributed by atoms with E-state index in [4.69, 9.17) is 4.74 Å². The van der Waals surface area contributed by atoms with Crippen LogP contribution in [0.2, 0.25) is 0 Å². The Labute approximate surface area is 345 Å². The lowest BCUT2D eigenvalue weighted by Crippen LogP contribution is -2.66. The zero-order valence-corrected chi connectivity index (χ0v) is 37.0. The van der Waals surface area contributed by atoms with Crippen molar-refractivity contribution in [1.29, 1.82) is 0 Å². The first kappa shape index (κ1) is 42.6. The zero-order valence-electron chi connectivity index (χ0n) is 37.0. The summed E-state index contributed by atoms with van der Waals surface area (Å²) in [6.45, 7) is 24.2. The molecule has 0 aliphatic heterocycles. The number of carboxylic acids is 1. The van der Waals surface area contributed by atoms with Gasteiger partial charge >= 0.3 is 11.9 Å².